The molecule has 1 aliphatic rings. The van der Waals surface area contributed by atoms with Crippen molar-refractivity contribution in [2.75, 3.05) is 13.2 Å². The molecule has 1 saturated heterocycles. The van der Waals surface area contributed by atoms with E-state index < -0.39 is 5.91 Å². The molecule has 1 aromatic carbocycles. The van der Waals surface area contributed by atoms with Crippen molar-refractivity contribution in [2.24, 2.45) is 11.7 Å². The van der Waals surface area contributed by atoms with E-state index in [1.165, 1.54) is 0 Å². The number of carbonyl (C=O) groups is 2. The van der Waals surface area contributed by atoms with Gasteiger partial charge in [0.15, 0.2) is 0 Å². The summed E-state index contributed by atoms with van der Waals surface area (Å²) in [5.74, 6) is -1.11. The van der Waals surface area contributed by atoms with E-state index >= 15 is 0 Å². The number of nitrogens with one attached hydrogen (secondary N) is 1. The first-order valence-electron chi connectivity index (χ1n) is 7.87. The Balaban J connectivity index is 1.67. The van der Waals surface area contributed by atoms with Crippen LogP contribution < -0.4 is 11.1 Å². The summed E-state index contributed by atoms with van der Waals surface area (Å²) in [5, 5.41) is 6.90. The van der Waals surface area contributed by atoms with Crippen LogP contribution >= 0.6 is 0 Å². The molecule has 7 heteroatoms. The number of ether oxygens (including phenoxy) is 1. The predicted molar refractivity (Wildman–Crippen MR) is 86.8 cm³/mol. The van der Waals surface area contributed by atoms with Gasteiger partial charge in [-0.15, -0.1) is 0 Å². The summed E-state index contributed by atoms with van der Waals surface area (Å²) >= 11 is 0. The van der Waals surface area contributed by atoms with E-state index in [9.17, 15) is 9.59 Å². The minimum atomic E-state index is -0.561. The van der Waals surface area contributed by atoms with Crippen molar-refractivity contribution in [3.8, 4) is 0 Å². The van der Waals surface area contributed by atoms with Crippen LogP contribution in [0.1, 0.15) is 23.7 Å². The summed E-state index contributed by atoms with van der Waals surface area (Å²) in [5.41, 5.74) is 7.08. The van der Waals surface area contributed by atoms with Crippen molar-refractivity contribution in [1.82, 2.24) is 15.1 Å². The van der Waals surface area contributed by atoms with E-state index in [0.29, 0.717) is 19.6 Å². The van der Waals surface area contributed by atoms with Crippen LogP contribution in [-0.2, 0) is 20.9 Å². The Morgan fingerprint density at radius 3 is 2.88 bits per heavy atom. The fourth-order valence-corrected chi connectivity index (χ4v) is 2.88. The molecule has 0 bridgehead atoms. The topological polar surface area (TPSA) is 99.2 Å². The van der Waals surface area contributed by atoms with Gasteiger partial charge in [-0.25, -0.2) is 0 Å². The van der Waals surface area contributed by atoms with Crippen molar-refractivity contribution in [3.63, 3.8) is 0 Å². The maximum absolute atomic E-state index is 12.2. The first-order chi connectivity index (χ1) is 11.6. The minimum Gasteiger partial charge on any atom is -0.373 e. The molecule has 0 unspecified atom stereocenters. The Morgan fingerprint density at radius 2 is 2.12 bits per heavy atom. The van der Waals surface area contributed by atoms with Crippen molar-refractivity contribution in [2.45, 2.75) is 19.1 Å². The summed E-state index contributed by atoms with van der Waals surface area (Å²) in [6.07, 6.45) is 3.89. The lowest BCUT2D eigenvalue weighted by Gasteiger charge is -2.16. The van der Waals surface area contributed by atoms with Gasteiger partial charge < -0.3 is 15.8 Å². The maximum Gasteiger partial charge on any atom is 0.236 e. The van der Waals surface area contributed by atoms with Gasteiger partial charge in [-0.2, -0.15) is 5.10 Å². The van der Waals surface area contributed by atoms with Crippen molar-refractivity contribution in [3.05, 3.63) is 53.9 Å². The number of carbonyl (C=O) groups excluding carboxylic acids is 2. The quantitative estimate of drug-likeness (QED) is 0.811. The van der Waals surface area contributed by atoms with Crippen molar-refractivity contribution >= 4 is 11.8 Å². The van der Waals surface area contributed by atoms with Crippen LogP contribution in [0.2, 0.25) is 0 Å². The highest BCUT2D eigenvalue weighted by Gasteiger charge is 2.36. The van der Waals surface area contributed by atoms with Crippen LogP contribution in [0.4, 0.5) is 0 Å². The lowest BCUT2D eigenvalue weighted by Crippen LogP contribution is -2.38. The minimum absolute atomic E-state index is 0.157. The van der Waals surface area contributed by atoms with E-state index in [1.54, 1.807) is 6.20 Å². The fraction of sp³-hybridized carbons (Fsp3) is 0.353. The molecule has 7 nitrogen and oxygen atoms in total. The number of rotatable bonds is 6. The van der Waals surface area contributed by atoms with Crippen LogP contribution in [-0.4, -0.2) is 34.7 Å². The number of hydrogen-bond donors (Lipinski definition) is 2. The maximum atomic E-state index is 12.2. The number of aromatic nitrogens is 2. The molecule has 2 heterocycles. The normalized spacial score (nSPS) is 20.0. The summed E-state index contributed by atoms with van der Waals surface area (Å²) in [6.45, 7) is 1.00. The molecular formula is C17H20N4O3. The SMILES string of the molecule is NC(=O)CNC(=O)[C@H]1CCO[C@@H]1c1cnn(Cc2ccccc2)c1. The Morgan fingerprint density at radius 1 is 1.33 bits per heavy atom. The molecule has 3 rings (SSSR count). The van der Waals surface area contributed by atoms with Gasteiger partial charge in [0.05, 0.1) is 31.3 Å². The Hall–Kier alpha value is -2.67. The average Bonchev–Trinajstić information content (AvgIpc) is 3.22. The van der Waals surface area contributed by atoms with Crippen molar-refractivity contribution in [1.29, 1.82) is 0 Å². The van der Waals surface area contributed by atoms with Gasteiger partial charge in [-0.05, 0) is 12.0 Å². The highest BCUT2D eigenvalue weighted by Crippen LogP contribution is 2.34. The van der Waals surface area contributed by atoms with Crippen LogP contribution in [0.25, 0.3) is 0 Å². The average molecular weight is 328 g/mol. The van der Waals surface area contributed by atoms with Gasteiger partial charge >= 0.3 is 0 Å². The third kappa shape index (κ3) is 3.80. The lowest BCUT2D eigenvalue weighted by atomic mass is 9.96. The summed E-state index contributed by atoms with van der Waals surface area (Å²) in [6, 6.07) is 10.0. The van der Waals surface area contributed by atoms with E-state index in [1.807, 2.05) is 41.2 Å². The lowest BCUT2D eigenvalue weighted by molar-refractivity contribution is -0.129. The monoisotopic (exact) mass is 328 g/mol. The third-order valence-corrected chi connectivity index (χ3v) is 4.03. The van der Waals surface area contributed by atoms with Crippen molar-refractivity contribution < 1.29 is 14.3 Å². The molecule has 0 radical (unpaired) electrons. The molecular weight excluding hydrogens is 308 g/mol. The molecule has 24 heavy (non-hydrogen) atoms. The molecule has 2 atom stereocenters. The van der Waals surface area contributed by atoms with E-state index in [0.717, 1.165) is 11.1 Å². The number of primary amides is 1. The van der Waals surface area contributed by atoms with Crippen LogP contribution in [0.15, 0.2) is 42.7 Å². The standard InChI is InChI=1S/C17H20N4O3/c18-15(22)9-19-17(23)14-6-7-24-16(14)13-8-20-21(11-13)10-12-4-2-1-3-5-12/h1-5,8,11,14,16H,6-7,9-10H2,(H2,18,22)(H,19,23)/t14-,16+/m0/s1. The van der Waals surface area contributed by atoms with E-state index in [2.05, 4.69) is 10.4 Å². The Kier molecular flexibility index (Phi) is 4.90. The first-order valence-corrected chi connectivity index (χ1v) is 7.87. The number of benzene rings is 1. The third-order valence-electron chi connectivity index (χ3n) is 4.03. The Labute approximate surface area is 139 Å². The van der Waals surface area contributed by atoms with E-state index in [-0.39, 0.29) is 24.5 Å². The molecule has 1 aliphatic heterocycles. The largest absolute Gasteiger partial charge is 0.373 e. The zero-order chi connectivity index (χ0) is 16.9. The first kappa shape index (κ1) is 16.2. The van der Waals surface area contributed by atoms with Gasteiger partial charge in [0, 0.05) is 18.4 Å². The van der Waals surface area contributed by atoms with Gasteiger partial charge in [0.1, 0.15) is 0 Å². The number of hydrogen-bond acceptors (Lipinski definition) is 4. The molecule has 2 aromatic rings. The highest BCUT2D eigenvalue weighted by atomic mass is 16.5. The van der Waals surface area contributed by atoms with E-state index in [4.69, 9.17) is 10.5 Å². The zero-order valence-electron chi connectivity index (χ0n) is 13.2. The fourth-order valence-electron chi connectivity index (χ4n) is 2.88. The molecule has 3 N–H and O–H groups in total. The van der Waals surface area contributed by atoms with Gasteiger partial charge in [0.2, 0.25) is 11.8 Å². The molecule has 1 fully saturated rings. The molecule has 126 valence electrons. The molecule has 2 amide bonds. The number of nitrogens with zero attached hydrogens (tertiary/aromatic N) is 2. The summed E-state index contributed by atoms with van der Waals surface area (Å²) < 4.78 is 7.54. The summed E-state index contributed by atoms with van der Waals surface area (Å²) in [4.78, 5) is 23.0. The van der Waals surface area contributed by atoms with Gasteiger partial charge in [0.25, 0.3) is 0 Å². The molecule has 1 aromatic heterocycles. The smallest absolute Gasteiger partial charge is 0.236 e. The number of nitrogens with two attached hydrogens (primary N) is 1. The second kappa shape index (κ2) is 7.27. The van der Waals surface area contributed by atoms with Crippen LogP contribution in [0.5, 0.6) is 0 Å². The van der Waals surface area contributed by atoms with Crippen LogP contribution in [0, 0.1) is 5.92 Å². The van der Waals surface area contributed by atoms with Gasteiger partial charge in [-0.3, -0.25) is 14.3 Å². The second-order valence-corrected chi connectivity index (χ2v) is 5.83. The Bertz CT molecular complexity index is 714. The molecule has 0 spiro atoms. The molecule has 0 aliphatic carbocycles. The summed E-state index contributed by atoms with van der Waals surface area (Å²) in [7, 11) is 0. The predicted octanol–water partition coefficient (Wildman–Crippen LogP) is 0.611. The second-order valence-electron chi connectivity index (χ2n) is 5.83. The molecule has 0 saturated carbocycles. The highest BCUT2D eigenvalue weighted by molar-refractivity contribution is 5.85. The number of amides is 2. The van der Waals surface area contributed by atoms with Gasteiger partial charge in [-0.1, -0.05) is 30.3 Å². The van der Waals surface area contributed by atoms with Crippen LogP contribution in [0.3, 0.4) is 0 Å². The zero-order valence-corrected chi connectivity index (χ0v) is 13.2.